The van der Waals surface area contributed by atoms with Crippen molar-refractivity contribution in [3.8, 4) is 17.2 Å². The number of ether oxygens (including phenoxy) is 3. The predicted molar refractivity (Wildman–Crippen MR) is 99.8 cm³/mol. The summed E-state index contributed by atoms with van der Waals surface area (Å²) in [6.45, 7) is 2.86. The molecular weight excluding hydrogens is 368 g/mol. The number of benzene rings is 1. The number of aliphatic carboxylic acids is 2. The molecule has 2 unspecified atom stereocenters. The monoisotopic (exact) mass is 392 g/mol. The lowest BCUT2D eigenvalue weighted by Crippen LogP contribution is -2.34. The highest BCUT2D eigenvalue weighted by Crippen LogP contribution is 2.45. The Morgan fingerprint density at radius 1 is 1.07 bits per heavy atom. The third-order valence-electron chi connectivity index (χ3n) is 4.91. The lowest BCUT2D eigenvalue weighted by Gasteiger charge is -2.33. The normalized spacial score (nSPS) is 21.1. The van der Waals surface area contributed by atoms with Gasteiger partial charge in [0.15, 0.2) is 11.5 Å². The van der Waals surface area contributed by atoms with Gasteiger partial charge >= 0.3 is 11.9 Å². The summed E-state index contributed by atoms with van der Waals surface area (Å²) in [5.41, 5.74) is -2.82. The molecule has 0 bridgehead atoms. The van der Waals surface area contributed by atoms with Crippen molar-refractivity contribution in [3.05, 3.63) is 41.0 Å². The van der Waals surface area contributed by atoms with Crippen LogP contribution in [-0.2, 0) is 15.2 Å². The number of rotatable bonds is 7. The van der Waals surface area contributed by atoms with Crippen molar-refractivity contribution in [1.29, 1.82) is 0 Å². The average Bonchev–Trinajstić information content (AvgIpc) is 2.65. The van der Waals surface area contributed by atoms with Crippen molar-refractivity contribution < 1.29 is 39.1 Å². The van der Waals surface area contributed by atoms with Gasteiger partial charge in [0, 0.05) is 5.57 Å². The van der Waals surface area contributed by atoms with Gasteiger partial charge in [0.25, 0.3) is 0 Å². The summed E-state index contributed by atoms with van der Waals surface area (Å²) in [4.78, 5) is 23.3. The van der Waals surface area contributed by atoms with Crippen LogP contribution in [0.3, 0.4) is 0 Å². The first-order valence-corrected chi connectivity index (χ1v) is 8.43. The van der Waals surface area contributed by atoms with E-state index in [1.807, 2.05) is 0 Å². The van der Waals surface area contributed by atoms with Gasteiger partial charge in [0.2, 0.25) is 5.75 Å². The molecule has 1 aromatic carbocycles. The standard InChI is InChI=1S/C20H24O8/c1-19(18(23)24)9-11(17(21)22)6-13(10-19)20(2,25)12-7-14(26-3)16(28-5)15(8-12)27-4/h6-8,10,25H,9H2,1-5H3,(H,21,22)(H,23,24). The lowest BCUT2D eigenvalue weighted by atomic mass is 9.73. The molecule has 8 nitrogen and oxygen atoms in total. The number of methoxy groups -OCH3 is 3. The number of carboxylic acid groups (broad SMARTS) is 2. The fraction of sp³-hybridized carbons (Fsp3) is 0.400. The summed E-state index contributed by atoms with van der Waals surface area (Å²) in [6, 6.07) is 3.06. The molecule has 0 aliphatic heterocycles. The first-order chi connectivity index (χ1) is 13.0. The maximum Gasteiger partial charge on any atom is 0.331 e. The SMILES string of the molecule is COc1cc(C(C)(O)C2=CC(C)(C(=O)O)CC(C(=O)O)=C2)cc(OC)c1OC. The molecule has 3 N–H and O–H groups in total. The fourth-order valence-electron chi connectivity index (χ4n) is 3.15. The van der Waals surface area contributed by atoms with Crippen molar-refractivity contribution in [3.63, 3.8) is 0 Å². The van der Waals surface area contributed by atoms with Gasteiger partial charge in [0.1, 0.15) is 5.60 Å². The van der Waals surface area contributed by atoms with Gasteiger partial charge in [-0.25, -0.2) is 4.79 Å². The Balaban J connectivity index is 2.69. The second kappa shape index (κ2) is 7.55. The minimum Gasteiger partial charge on any atom is -0.493 e. The minimum absolute atomic E-state index is 0.102. The average molecular weight is 392 g/mol. The maximum atomic E-state index is 11.7. The van der Waals surface area contributed by atoms with E-state index in [9.17, 15) is 24.9 Å². The molecule has 1 aromatic rings. The molecule has 2 rings (SSSR count). The quantitative estimate of drug-likeness (QED) is 0.646. The maximum absolute atomic E-state index is 11.7. The van der Waals surface area contributed by atoms with Gasteiger partial charge in [-0.1, -0.05) is 6.08 Å². The van der Waals surface area contributed by atoms with Gasteiger partial charge in [-0.2, -0.15) is 0 Å². The second-order valence-electron chi connectivity index (χ2n) is 6.96. The molecular formula is C20H24O8. The first kappa shape index (κ1) is 21.3. The summed E-state index contributed by atoms with van der Waals surface area (Å²) in [5.74, 6) is -1.48. The highest BCUT2D eigenvalue weighted by molar-refractivity contribution is 5.90. The summed E-state index contributed by atoms with van der Waals surface area (Å²) in [6.07, 6.45) is 2.49. The van der Waals surface area contributed by atoms with Crippen LogP contribution >= 0.6 is 0 Å². The van der Waals surface area contributed by atoms with E-state index >= 15 is 0 Å². The van der Waals surface area contributed by atoms with Crippen LogP contribution in [0.4, 0.5) is 0 Å². The highest BCUT2D eigenvalue weighted by atomic mass is 16.5. The van der Waals surface area contributed by atoms with E-state index in [1.54, 1.807) is 0 Å². The number of hydrogen-bond acceptors (Lipinski definition) is 6. The zero-order valence-corrected chi connectivity index (χ0v) is 16.4. The summed E-state index contributed by atoms with van der Waals surface area (Å²) in [7, 11) is 4.31. The van der Waals surface area contributed by atoms with Crippen LogP contribution in [-0.4, -0.2) is 48.6 Å². The van der Waals surface area contributed by atoms with Crippen molar-refractivity contribution in [2.75, 3.05) is 21.3 Å². The van der Waals surface area contributed by atoms with Crippen LogP contribution in [0, 0.1) is 5.41 Å². The van der Waals surface area contributed by atoms with Gasteiger partial charge in [-0.3, -0.25) is 4.79 Å². The zero-order valence-electron chi connectivity index (χ0n) is 16.4. The molecule has 0 fully saturated rings. The smallest absolute Gasteiger partial charge is 0.331 e. The first-order valence-electron chi connectivity index (χ1n) is 8.43. The topological polar surface area (TPSA) is 123 Å². The minimum atomic E-state index is -1.72. The Morgan fingerprint density at radius 3 is 2.00 bits per heavy atom. The number of hydrogen-bond donors (Lipinski definition) is 3. The second-order valence-corrected chi connectivity index (χ2v) is 6.96. The van der Waals surface area contributed by atoms with Crippen LogP contribution in [0.5, 0.6) is 17.2 Å². The Hall–Kier alpha value is -3.00. The summed E-state index contributed by atoms with van der Waals surface area (Å²) in [5, 5.41) is 30.3. The molecule has 0 radical (unpaired) electrons. The van der Waals surface area contributed by atoms with E-state index < -0.39 is 23.0 Å². The van der Waals surface area contributed by atoms with Gasteiger partial charge in [-0.05, 0) is 49.6 Å². The van der Waals surface area contributed by atoms with Crippen molar-refractivity contribution in [2.24, 2.45) is 5.41 Å². The highest BCUT2D eigenvalue weighted by Gasteiger charge is 2.41. The Kier molecular flexibility index (Phi) is 5.75. The molecule has 0 heterocycles. The van der Waals surface area contributed by atoms with E-state index in [0.717, 1.165) is 0 Å². The van der Waals surface area contributed by atoms with Crippen LogP contribution < -0.4 is 14.2 Å². The largest absolute Gasteiger partial charge is 0.493 e. The number of aliphatic hydroxyl groups is 1. The van der Waals surface area contributed by atoms with E-state index in [2.05, 4.69) is 0 Å². The molecule has 2 atom stereocenters. The van der Waals surface area contributed by atoms with Gasteiger partial charge in [0.05, 0.1) is 26.7 Å². The molecule has 0 amide bonds. The van der Waals surface area contributed by atoms with Crippen LogP contribution in [0.2, 0.25) is 0 Å². The molecule has 8 heteroatoms. The van der Waals surface area contributed by atoms with Gasteiger partial charge < -0.3 is 29.5 Å². The molecule has 0 saturated carbocycles. The van der Waals surface area contributed by atoms with E-state index in [1.165, 1.54) is 59.5 Å². The molecule has 152 valence electrons. The molecule has 0 spiro atoms. The zero-order chi connectivity index (χ0) is 21.3. The third-order valence-corrected chi connectivity index (χ3v) is 4.91. The Morgan fingerprint density at radius 2 is 1.61 bits per heavy atom. The molecule has 1 aliphatic carbocycles. The van der Waals surface area contributed by atoms with E-state index in [4.69, 9.17) is 14.2 Å². The van der Waals surface area contributed by atoms with Gasteiger partial charge in [-0.15, -0.1) is 0 Å². The van der Waals surface area contributed by atoms with E-state index in [0.29, 0.717) is 22.8 Å². The predicted octanol–water partition coefficient (Wildman–Crippen LogP) is 2.35. The molecule has 1 aliphatic rings. The number of carboxylic acids is 2. The van der Waals surface area contributed by atoms with Crippen molar-refractivity contribution in [1.82, 2.24) is 0 Å². The molecule has 0 saturated heterocycles. The van der Waals surface area contributed by atoms with Crippen LogP contribution in [0.15, 0.2) is 35.4 Å². The van der Waals surface area contributed by atoms with Crippen LogP contribution in [0.25, 0.3) is 0 Å². The third kappa shape index (κ3) is 3.68. The summed E-state index contributed by atoms with van der Waals surface area (Å²) < 4.78 is 15.9. The Bertz CT molecular complexity index is 840. The fourth-order valence-corrected chi connectivity index (χ4v) is 3.15. The molecule has 28 heavy (non-hydrogen) atoms. The lowest BCUT2D eigenvalue weighted by molar-refractivity contribution is -0.145. The van der Waals surface area contributed by atoms with Crippen LogP contribution in [0.1, 0.15) is 25.8 Å². The number of carbonyl (C=O) groups is 2. The summed E-state index contributed by atoms with van der Waals surface area (Å²) >= 11 is 0. The Labute approximate surface area is 162 Å². The molecule has 0 aromatic heterocycles. The van der Waals surface area contributed by atoms with E-state index in [-0.39, 0.29) is 17.6 Å². The van der Waals surface area contributed by atoms with Crippen molar-refractivity contribution >= 4 is 11.9 Å². The van der Waals surface area contributed by atoms with Crippen molar-refractivity contribution in [2.45, 2.75) is 25.9 Å².